The molecule has 2 bridgehead atoms. The molecule has 6 heteroatoms. The fraction of sp³-hybridized carbons (Fsp3) is 0.500. The van der Waals surface area contributed by atoms with Gasteiger partial charge in [0, 0.05) is 11.0 Å². The van der Waals surface area contributed by atoms with E-state index in [1.807, 2.05) is 0 Å². The minimum Gasteiger partial charge on any atom is -0.508 e. The van der Waals surface area contributed by atoms with Gasteiger partial charge in [-0.15, -0.1) is 0 Å². The third-order valence-electron chi connectivity index (χ3n) is 5.65. The van der Waals surface area contributed by atoms with Crippen LogP contribution in [0.5, 0.6) is 5.75 Å². The summed E-state index contributed by atoms with van der Waals surface area (Å²) < 4.78 is 5.21. The van der Waals surface area contributed by atoms with Crippen molar-refractivity contribution in [2.75, 3.05) is 0 Å². The molecule has 1 aromatic heterocycles. The molecule has 4 rings (SSSR count). The van der Waals surface area contributed by atoms with Gasteiger partial charge in [-0.3, -0.25) is 4.79 Å². The maximum absolute atomic E-state index is 12.6. The lowest BCUT2D eigenvalue weighted by molar-refractivity contribution is -0.133. The van der Waals surface area contributed by atoms with Crippen LogP contribution in [0.3, 0.4) is 0 Å². The highest BCUT2D eigenvalue weighted by atomic mass is 16.5. The van der Waals surface area contributed by atoms with E-state index in [1.54, 1.807) is 24.3 Å². The lowest BCUT2D eigenvalue weighted by Gasteiger charge is -2.32. The maximum Gasteiger partial charge on any atom is 0.246 e. The van der Waals surface area contributed by atoms with Crippen molar-refractivity contribution < 1.29 is 14.4 Å². The second kappa shape index (κ2) is 5.61. The van der Waals surface area contributed by atoms with E-state index in [-0.39, 0.29) is 23.6 Å². The summed E-state index contributed by atoms with van der Waals surface area (Å²) in [6.45, 7) is 2.32. The van der Waals surface area contributed by atoms with Crippen LogP contribution in [-0.2, 0) is 11.3 Å². The van der Waals surface area contributed by atoms with E-state index in [0.29, 0.717) is 29.1 Å². The van der Waals surface area contributed by atoms with Gasteiger partial charge < -0.3 is 14.9 Å². The number of aromatic nitrogens is 2. The van der Waals surface area contributed by atoms with E-state index >= 15 is 0 Å². The van der Waals surface area contributed by atoms with E-state index in [9.17, 15) is 9.90 Å². The predicted molar refractivity (Wildman–Crippen MR) is 86.8 cm³/mol. The number of nitrogens with one attached hydrogen (secondary N) is 1. The smallest absolute Gasteiger partial charge is 0.246 e. The summed E-state index contributed by atoms with van der Waals surface area (Å²) >= 11 is 0. The van der Waals surface area contributed by atoms with Crippen LogP contribution < -0.4 is 5.32 Å². The van der Waals surface area contributed by atoms with Gasteiger partial charge in [-0.25, -0.2) is 0 Å². The fourth-order valence-electron chi connectivity index (χ4n) is 4.33. The first-order valence-corrected chi connectivity index (χ1v) is 8.45. The van der Waals surface area contributed by atoms with Crippen LogP contribution in [0.1, 0.15) is 38.5 Å². The molecule has 3 atom stereocenters. The lowest BCUT2D eigenvalue weighted by Crippen LogP contribution is -2.42. The van der Waals surface area contributed by atoms with Crippen LogP contribution in [0.2, 0.25) is 0 Å². The molecule has 3 unspecified atom stereocenters. The van der Waals surface area contributed by atoms with Crippen molar-refractivity contribution in [2.24, 2.45) is 17.3 Å². The van der Waals surface area contributed by atoms with E-state index in [4.69, 9.17) is 4.52 Å². The molecule has 126 valence electrons. The average Bonchev–Trinajstić information content (AvgIpc) is 3.28. The summed E-state index contributed by atoms with van der Waals surface area (Å²) in [5, 5.41) is 16.4. The van der Waals surface area contributed by atoms with Crippen molar-refractivity contribution in [2.45, 2.75) is 39.2 Å². The summed E-state index contributed by atoms with van der Waals surface area (Å²) in [7, 11) is 0. The first-order valence-electron chi connectivity index (χ1n) is 8.45. The van der Waals surface area contributed by atoms with Crippen molar-refractivity contribution in [3.8, 4) is 17.1 Å². The van der Waals surface area contributed by atoms with Gasteiger partial charge in [-0.05, 0) is 43.2 Å². The number of hydrogen-bond donors (Lipinski definition) is 2. The Labute approximate surface area is 140 Å². The third kappa shape index (κ3) is 2.56. The molecule has 2 fully saturated rings. The Morgan fingerprint density at radius 3 is 3.04 bits per heavy atom. The van der Waals surface area contributed by atoms with Crippen molar-refractivity contribution in [1.29, 1.82) is 0 Å². The summed E-state index contributed by atoms with van der Waals surface area (Å²) in [5.74, 6) is 2.23. The molecule has 24 heavy (non-hydrogen) atoms. The van der Waals surface area contributed by atoms with Crippen molar-refractivity contribution >= 4 is 5.91 Å². The number of phenols is 1. The van der Waals surface area contributed by atoms with Gasteiger partial charge >= 0.3 is 0 Å². The van der Waals surface area contributed by atoms with E-state index < -0.39 is 0 Å². The monoisotopic (exact) mass is 327 g/mol. The summed E-state index contributed by atoms with van der Waals surface area (Å²) in [6.07, 6.45) is 4.61. The van der Waals surface area contributed by atoms with Crippen molar-refractivity contribution in [3.05, 3.63) is 30.2 Å². The van der Waals surface area contributed by atoms with Gasteiger partial charge in [0.15, 0.2) is 0 Å². The lowest BCUT2D eigenvalue weighted by atomic mass is 9.74. The normalized spacial score (nSPS) is 28.2. The Morgan fingerprint density at radius 1 is 1.46 bits per heavy atom. The van der Waals surface area contributed by atoms with Gasteiger partial charge in [0.05, 0.1) is 6.54 Å². The van der Waals surface area contributed by atoms with Gasteiger partial charge in [-0.1, -0.05) is 30.6 Å². The minimum absolute atomic E-state index is 0.0896. The maximum atomic E-state index is 12.6. The molecule has 1 aromatic carbocycles. The fourth-order valence-corrected chi connectivity index (χ4v) is 4.33. The number of aromatic hydroxyl groups is 1. The van der Waals surface area contributed by atoms with Crippen LogP contribution in [-0.4, -0.2) is 21.2 Å². The van der Waals surface area contributed by atoms with Crippen LogP contribution in [0.25, 0.3) is 11.4 Å². The number of hydrogen-bond acceptors (Lipinski definition) is 5. The van der Waals surface area contributed by atoms with E-state index in [0.717, 1.165) is 12.8 Å². The molecule has 0 spiro atoms. The summed E-state index contributed by atoms with van der Waals surface area (Å²) in [6, 6.07) is 6.67. The van der Waals surface area contributed by atoms with Crippen molar-refractivity contribution in [3.63, 3.8) is 0 Å². The zero-order chi connectivity index (χ0) is 16.7. The van der Waals surface area contributed by atoms with Gasteiger partial charge in [-0.2, -0.15) is 4.98 Å². The van der Waals surface area contributed by atoms with Gasteiger partial charge in [0.2, 0.25) is 17.6 Å². The molecular formula is C18H21N3O3. The molecule has 0 saturated heterocycles. The number of fused-ring (bicyclic) bond motifs is 2. The first kappa shape index (κ1) is 15.2. The number of nitrogens with zero attached hydrogens (tertiary/aromatic N) is 2. The van der Waals surface area contributed by atoms with Crippen molar-refractivity contribution in [1.82, 2.24) is 15.5 Å². The number of carbonyl (C=O) groups excluding carboxylic acids is 1. The Kier molecular flexibility index (Phi) is 3.55. The summed E-state index contributed by atoms with van der Waals surface area (Å²) in [5.41, 5.74) is 0.424. The SMILES string of the molecule is CC1(C(=O)NCc2nc(-c3cccc(O)c3)no2)CC2CCC1C2. The number of phenolic OH excluding ortho intramolecular Hbond substituents is 1. The number of carbonyl (C=O) groups is 1. The highest BCUT2D eigenvalue weighted by molar-refractivity contribution is 5.83. The first-order chi connectivity index (χ1) is 11.5. The highest BCUT2D eigenvalue weighted by Gasteiger charge is 2.52. The Balaban J connectivity index is 1.41. The molecule has 0 aliphatic heterocycles. The Hall–Kier alpha value is -2.37. The quantitative estimate of drug-likeness (QED) is 0.901. The van der Waals surface area contributed by atoms with Gasteiger partial charge in [0.25, 0.3) is 0 Å². The van der Waals surface area contributed by atoms with Gasteiger partial charge in [0.1, 0.15) is 5.75 Å². The molecule has 0 radical (unpaired) electrons. The topological polar surface area (TPSA) is 88.2 Å². The van der Waals surface area contributed by atoms with Crippen LogP contribution >= 0.6 is 0 Å². The molecule has 2 aliphatic rings. The molecule has 2 saturated carbocycles. The molecule has 2 aromatic rings. The largest absolute Gasteiger partial charge is 0.508 e. The number of rotatable bonds is 4. The zero-order valence-corrected chi connectivity index (χ0v) is 13.7. The second-order valence-electron chi connectivity index (χ2n) is 7.24. The predicted octanol–water partition coefficient (Wildman–Crippen LogP) is 2.88. The minimum atomic E-state index is -0.253. The molecular weight excluding hydrogens is 306 g/mol. The molecule has 2 N–H and O–H groups in total. The summed E-state index contributed by atoms with van der Waals surface area (Å²) in [4.78, 5) is 16.9. The standard InChI is InChI=1S/C18H21N3O3/c1-18(9-11-5-6-13(18)7-11)17(23)19-10-15-20-16(21-24-15)12-3-2-4-14(22)8-12/h2-4,8,11,13,22H,5-7,9-10H2,1H3,(H,19,23). The Morgan fingerprint density at radius 2 is 2.33 bits per heavy atom. The third-order valence-corrected chi connectivity index (χ3v) is 5.65. The van der Waals surface area contributed by atoms with Crippen LogP contribution in [0, 0.1) is 17.3 Å². The Bertz CT molecular complexity index is 772. The van der Waals surface area contributed by atoms with Crippen LogP contribution in [0.4, 0.5) is 0 Å². The van der Waals surface area contributed by atoms with E-state index in [1.165, 1.54) is 12.8 Å². The zero-order valence-electron chi connectivity index (χ0n) is 13.7. The number of amides is 1. The molecule has 6 nitrogen and oxygen atoms in total. The number of benzene rings is 1. The molecule has 1 heterocycles. The van der Waals surface area contributed by atoms with Crippen LogP contribution in [0.15, 0.2) is 28.8 Å². The molecule has 2 aliphatic carbocycles. The highest BCUT2D eigenvalue weighted by Crippen LogP contribution is 2.55. The molecule has 1 amide bonds. The van der Waals surface area contributed by atoms with E-state index in [2.05, 4.69) is 22.4 Å². The average molecular weight is 327 g/mol. The second-order valence-corrected chi connectivity index (χ2v) is 7.24.